The first-order chi connectivity index (χ1) is 13.3. The topological polar surface area (TPSA) is 49.0 Å². The third kappa shape index (κ3) is 3.09. The SMILES string of the molecule is O=c1[nH]c(-c2cccs2)nc2c1CCN(Cc1cccc3ccccc13)C2. The van der Waals surface area contributed by atoms with E-state index in [1.165, 1.54) is 16.3 Å². The lowest BCUT2D eigenvalue weighted by molar-refractivity contribution is 0.241. The minimum atomic E-state index is 0.00760. The van der Waals surface area contributed by atoms with E-state index >= 15 is 0 Å². The zero-order valence-corrected chi connectivity index (χ0v) is 15.6. The molecule has 2 aromatic carbocycles. The van der Waals surface area contributed by atoms with E-state index in [9.17, 15) is 4.79 Å². The Kier molecular flexibility index (Phi) is 4.11. The van der Waals surface area contributed by atoms with Crippen LogP contribution >= 0.6 is 11.3 Å². The molecule has 4 nitrogen and oxygen atoms in total. The highest BCUT2D eigenvalue weighted by atomic mass is 32.1. The van der Waals surface area contributed by atoms with Gasteiger partial charge >= 0.3 is 0 Å². The van der Waals surface area contributed by atoms with Crippen LogP contribution in [-0.2, 0) is 19.5 Å². The summed E-state index contributed by atoms with van der Waals surface area (Å²) < 4.78 is 0. The van der Waals surface area contributed by atoms with Crippen molar-refractivity contribution in [2.24, 2.45) is 0 Å². The summed E-state index contributed by atoms with van der Waals surface area (Å²) in [6, 6.07) is 18.9. The van der Waals surface area contributed by atoms with Crippen LogP contribution < -0.4 is 5.56 Å². The van der Waals surface area contributed by atoms with E-state index in [0.29, 0.717) is 12.4 Å². The maximum absolute atomic E-state index is 12.5. The van der Waals surface area contributed by atoms with Gasteiger partial charge in [0.25, 0.3) is 5.56 Å². The molecule has 4 aromatic rings. The maximum Gasteiger partial charge on any atom is 0.254 e. The fourth-order valence-corrected chi connectivity index (χ4v) is 4.50. The minimum absolute atomic E-state index is 0.00760. The zero-order chi connectivity index (χ0) is 18.2. The highest BCUT2D eigenvalue weighted by Crippen LogP contribution is 2.25. The number of hydrogen-bond acceptors (Lipinski definition) is 4. The van der Waals surface area contributed by atoms with Gasteiger partial charge in [-0.3, -0.25) is 9.69 Å². The Morgan fingerprint density at radius 1 is 1.07 bits per heavy atom. The number of nitrogens with one attached hydrogen (secondary N) is 1. The molecule has 0 atom stereocenters. The van der Waals surface area contributed by atoms with Gasteiger partial charge in [-0.05, 0) is 34.2 Å². The molecule has 5 rings (SSSR count). The van der Waals surface area contributed by atoms with Crippen molar-refractivity contribution in [3.8, 4) is 10.7 Å². The molecule has 5 heteroatoms. The molecule has 134 valence electrons. The van der Waals surface area contributed by atoms with Crippen LogP contribution in [0.1, 0.15) is 16.8 Å². The fraction of sp³-hybridized carbons (Fsp3) is 0.182. The van der Waals surface area contributed by atoms with Crippen molar-refractivity contribution in [2.75, 3.05) is 6.54 Å². The lowest BCUT2D eigenvalue weighted by Gasteiger charge is -2.28. The molecule has 0 saturated heterocycles. The summed E-state index contributed by atoms with van der Waals surface area (Å²) in [6.07, 6.45) is 0.743. The first kappa shape index (κ1) is 16.4. The van der Waals surface area contributed by atoms with Crippen molar-refractivity contribution < 1.29 is 0 Å². The van der Waals surface area contributed by atoms with Gasteiger partial charge < -0.3 is 4.98 Å². The van der Waals surface area contributed by atoms with Crippen molar-refractivity contribution in [2.45, 2.75) is 19.5 Å². The van der Waals surface area contributed by atoms with Crippen LogP contribution in [0.3, 0.4) is 0 Å². The summed E-state index contributed by atoms with van der Waals surface area (Å²) in [5.74, 6) is 0.681. The minimum Gasteiger partial charge on any atom is -0.306 e. The van der Waals surface area contributed by atoms with Crippen LogP contribution in [0.5, 0.6) is 0 Å². The molecule has 0 saturated carbocycles. The first-order valence-corrected chi connectivity index (χ1v) is 10.0. The van der Waals surface area contributed by atoms with Crippen LogP contribution in [0.2, 0.25) is 0 Å². The van der Waals surface area contributed by atoms with Gasteiger partial charge in [-0.25, -0.2) is 4.98 Å². The van der Waals surface area contributed by atoms with Gasteiger partial charge in [0, 0.05) is 25.2 Å². The number of benzene rings is 2. The van der Waals surface area contributed by atoms with E-state index in [4.69, 9.17) is 4.98 Å². The van der Waals surface area contributed by atoms with E-state index < -0.39 is 0 Å². The number of thiophene rings is 1. The second kappa shape index (κ2) is 6.76. The number of aromatic amines is 1. The predicted molar refractivity (Wildman–Crippen MR) is 110 cm³/mol. The second-order valence-electron chi connectivity index (χ2n) is 6.92. The summed E-state index contributed by atoms with van der Waals surface area (Å²) in [7, 11) is 0. The number of hydrogen-bond donors (Lipinski definition) is 1. The Hall–Kier alpha value is -2.76. The smallest absolute Gasteiger partial charge is 0.254 e. The quantitative estimate of drug-likeness (QED) is 0.585. The van der Waals surface area contributed by atoms with E-state index in [-0.39, 0.29) is 5.56 Å². The van der Waals surface area contributed by atoms with Crippen molar-refractivity contribution in [1.82, 2.24) is 14.9 Å². The monoisotopic (exact) mass is 373 g/mol. The molecule has 0 spiro atoms. The number of H-pyrrole nitrogens is 1. The molecule has 0 bridgehead atoms. The van der Waals surface area contributed by atoms with Crippen LogP contribution in [0.4, 0.5) is 0 Å². The highest BCUT2D eigenvalue weighted by molar-refractivity contribution is 7.13. The molecule has 0 unspecified atom stereocenters. The Bertz CT molecular complexity index is 1160. The van der Waals surface area contributed by atoms with Gasteiger partial charge in [0.1, 0.15) is 0 Å². The molecule has 1 aliphatic heterocycles. The van der Waals surface area contributed by atoms with Gasteiger partial charge in [-0.15, -0.1) is 11.3 Å². The lowest BCUT2D eigenvalue weighted by atomic mass is 10.0. The molecule has 0 aliphatic carbocycles. The van der Waals surface area contributed by atoms with Crippen molar-refractivity contribution >= 4 is 22.1 Å². The zero-order valence-electron chi connectivity index (χ0n) is 14.8. The molecule has 2 aromatic heterocycles. The van der Waals surface area contributed by atoms with E-state index in [1.807, 2.05) is 17.5 Å². The number of nitrogens with zero attached hydrogens (tertiary/aromatic N) is 2. The maximum atomic E-state index is 12.5. The van der Waals surface area contributed by atoms with Gasteiger partial charge in [-0.1, -0.05) is 48.5 Å². The van der Waals surface area contributed by atoms with E-state index in [2.05, 4.69) is 52.3 Å². The van der Waals surface area contributed by atoms with Gasteiger partial charge in [0.15, 0.2) is 5.82 Å². The number of aromatic nitrogens is 2. The molecule has 1 aliphatic rings. The van der Waals surface area contributed by atoms with Crippen molar-refractivity contribution in [3.05, 3.63) is 87.2 Å². The molecule has 0 radical (unpaired) electrons. The summed E-state index contributed by atoms with van der Waals surface area (Å²) in [5, 5.41) is 4.56. The predicted octanol–water partition coefficient (Wildman–Crippen LogP) is 4.21. The second-order valence-corrected chi connectivity index (χ2v) is 7.86. The van der Waals surface area contributed by atoms with Gasteiger partial charge in [0.05, 0.1) is 10.6 Å². The lowest BCUT2D eigenvalue weighted by Crippen LogP contribution is -2.35. The Morgan fingerprint density at radius 2 is 1.96 bits per heavy atom. The fourth-order valence-electron chi connectivity index (χ4n) is 3.83. The standard InChI is InChI=1S/C22H19N3OS/c26-22-18-10-11-25(13-16-7-3-6-15-5-1-2-8-17(15)16)14-19(18)23-21(24-22)20-9-4-12-27-20/h1-9,12H,10-11,13-14H2,(H,23,24,26). The largest absolute Gasteiger partial charge is 0.306 e. The molecule has 0 fully saturated rings. The van der Waals surface area contributed by atoms with Crippen molar-refractivity contribution in [1.29, 1.82) is 0 Å². The highest BCUT2D eigenvalue weighted by Gasteiger charge is 2.22. The van der Waals surface area contributed by atoms with Gasteiger partial charge in [-0.2, -0.15) is 0 Å². The third-order valence-electron chi connectivity index (χ3n) is 5.18. The van der Waals surface area contributed by atoms with Crippen LogP contribution in [-0.4, -0.2) is 21.4 Å². The van der Waals surface area contributed by atoms with Crippen LogP contribution in [0.25, 0.3) is 21.5 Å². The number of rotatable bonds is 3. The molecule has 27 heavy (non-hydrogen) atoms. The third-order valence-corrected chi connectivity index (χ3v) is 6.06. The van der Waals surface area contributed by atoms with Gasteiger partial charge in [0.2, 0.25) is 0 Å². The molecular weight excluding hydrogens is 354 g/mol. The Morgan fingerprint density at radius 3 is 2.85 bits per heavy atom. The molecular formula is C22H19N3OS. The average molecular weight is 373 g/mol. The van der Waals surface area contributed by atoms with E-state index in [1.54, 1.807) is 11.3 Å². The average Bonchev–Trinajstić information content (AvgIpc) is 3.23. The molecule has 0 amide bonds. The van der Waals surface area contributed by atoms with Crippen LogP contribution in [0.15, 0.2) is 64.8 Å². The van der Waals surface area contributed by atoms with Crippen molar-refractivity contribution in [3.63, 3.8) is 0 Å². The van der Waals surface area contributed by atoms with Crippen LogP contribution in [0, 0.1) is 0 Å². The Balaban J connectivity index is 1.46. The summed E-state index contributed by atoms with van der Waals surface area (Å²) >= 11 is 1.59. The Labute approximate surface area is 161 Å². The molecule has 3 heterocycles. The first-order valence-electron chi connectivity index (χ1n) is 9.13. The summed E-state index contributed by atoms with van der Waals surface area (Å²) in [5.41, 5.74) is 3.08. The summed E-state index contributed by atoms with van der Waals surface area (Å²) in [4.78, 5) is 23.6. The number of fused-ring (bicyclic) bond motifs is 2. The summed E-state index contributed by atoms with van der Waals surface area (Å²) in [6.45, 7) is 2.45. The molecule has 1 N–H and O–H groups in total. The van der Waals surface area contributed by atoms with E-state index in [0.717, 1.165) is 35.6 Å². The normalized spacial score (nSPS) is 14.4.